The van der Waals surface area contributed by atoms with Crippen molar-refractivity contribution in [2.45, 2.75) is 32.3 Å². The van der Waals surface area contributed by atoms with Crippen LogP contribution in [0.4, 0.5) is 0 Å². The predicted octanol–water partition coefficient (Wildman–Crippen LogP) is 2.91. The summed E-state index contributed by atoms with van der Waals surface area (Å²) in [7, 11) is 1.80. The van der Waals surface area contributed by atoms with Crippen molar-refractivity contribution in [3.05, 3.63) is 65.6 Å². The Kier molecular flexibility index (Phi) is 6.59. The molecule has 1 aromatic carbocycles. The van der Waals surface area contributed by atoms with Gasteiger partial charge in [-0.3, -0.25) is 9.39 Å². The van der Waals surface area contributed by atoms with E-state index in [4.69, 9.17) is 4.74 Å². The van der Waals surface area contributed by atoms with Crippen LogP contribution in [-0.4, -0.2) is 47.3 Å². The van der Waals surface area contributed by atoms with Gasteiger partial charge in [0.25, 0.3) is 0 Å². The monoisotopic (exact) mass is 406 g/mol. The van der Waals surface area contributed by atoms with E-state index in [0.717, 1.165) is 56.4 Å². The van der Waals surface area contributed by atoms with Crippen LogP contribution < -0.4 is 10.6 Å². The molecule has 0 amide bonds. The fourth-order valence-corrected chi connectivity index (χ4v) is 3.98. The third kappa shape index (κ3) is 4.79. The van der Waals surface area contributed by atoms with Gasteiger partial charge in [0.1, 0.15) is 5.82 Å². The van der Waals surface area contributed by atoms with Gasteiger partial charge in [-0.2, -0.15) is 0 Å². The Morgan fingerprint density at radius 2 is 2.03 bits per heavy atom. The van der Waals surface area contributed by atoms with E-state index in [9.17, 15) is 0 Å². The van der Waals surface area contributed by atoms with Gasteiger partial charge in [0.2, 0.25) is 0 Å². The second kappa shape index (κ2) is 9.71. The van der Waals surface area contributed by atoms with Crippen LogP contribution in [0.5, 0.6) is 0 Å². The molecule has 158 valence electrons. The second-order valence-electron chi connectivity index (χ2n) is 7.78. The highest BCUT2D eigenvalue weighted by Crippen LogP contribution is 2.33. The number of aryl methyl sites for hydroxylation is 1. The Morgan fingerprint density at radius 1 is 1.17 bits per heavy atom. The lowest BCUT2D eigenvalue weighted by atomic mass is 9.89. The summed E-state index contributed by atoms with van der Waals surface area (Å²) in [4.78, 5) is 4.37. The smallest absolute Gasteiger partial charge is 0.191 e. The minimum atomic E-state index is 0.132. The fourth-order valence-electron chi connectivity index (χ4n) is 3.98. The van der Waals surface area contributed by atoms with Crippen LogP contribution in [0, 0.1) is 12.8 Å². The third-order valence-electron chi connectivity index (χ3n) is 5.63. The standard InChI is InChI=1S/C23H30N6O/c1-17-8-10-18(11-9-17)22-19(6-5-15-30-22)16-26-23(24-2)25-13-12-21-28-27-20-7-3-4-14-29(20)21/h3-4,7-11,14,19,22H,5-6,12-13,15-16H2,1-2H3,(H2,24,25,26). The fraction of sp³-hybridized carbons (Fsp3) is 0.435. The van der Waals surface area contributed by atoms with Gasteiger partial charge < -0.3 is 15.4 Å². The van der Waals surface area contributed by atoms with E-state index in [1.165, 1.54) is 11.1 Å². The largest absolute Gasteiger partial charge is 0.373 e. The highest BCUT2D eigenvalue weighted by molar-refractivity contribution is 5.79. The molecule has 30 heavy (non-hydrogen) atoms. The molecule has 3 heterocycles. The molecular formula is C23H30N6O. The van der Waals surface area contributed by atoms with Gasteiger partial charge in [-0.1, -0.05) is 35.9 Å². The molecule has 0 saturated carbocycles. The minimum absolute atomic E-state index is 0.132. The van der Waals surface area contributed by atoms with Crippen LogP contribution in [0.1, 0.15) is 35.9 Å². The zero-order valence-corrected chi connectivity index (χ0v) is 17.7. The molecular weight excluding hydrogens is 376 g/mol. The molecule has 4 rings (SSSR count). The van der Waals surface area contributed by atoms with E-state index < -0.39 is 0 Å². The molecule has 0 aliphatic carbocycles. The number of hydrogen-bond donors (Lipinski definition) is 2. The maximum atomic E-state index is 6.14. The van der Waals surface area contributed by atoms with Crippen LogP contribution in [0.25, 0.3) is 5.65 Å². The summed E-state index contributed by atoms with van der Waals surface area (Å²) < 4.78 is 8.15. The molecule has 0 spiro atoms. The quantitative estimate of drug-likeness (QED) is 0.486. The summed E-state index contributed by atoms with van der Waals surface area (Å²) in [5.74, 6) is 2.16. The number of nitrogens with zero attached hydrogens (tertiary/aromatic N) is 4. The summed E-state index contributed by atoms with van der Waals surface area (Å²) in [5, 5.41) is 15.4. The number of benzene rings is 1. The lowest BCUT2D eigenvalue weighted by molar-refractivity contribution is -0.0265. The highest BCUT2D eigenvalue weighted by Gasteiger charge is 2.27. The first-order valence-corrected chi connectivity index (χ1v) is 10.7. The molecule has 1 saturated heterocycles. The molecule has 2 unspecified atom stereocenters. The minimum Gasteiger partial charge on any atom is -0.373 e. The average Bonchev–Trinajstić information content (AvgIpc) is 3.20. The zero-order valence-electron chi connectivity index (χ0n) is 17.7. The van der Waals surface area contributed by atoms with E-state index in [0.29, 0.717) is 5.92 Å². The van der Waals surface area contributed by atoms with Crippen LogP contribution >= 0.6 is 0 Å². The van der Waals surface area contributed by atoms with E-state index in [1.807, 2.05) is 28.8 Å². The summed E-state index contributed by atoms with van der Waals surface area (Å²) in [5.41, 5.74) is 3.40. The van der Waals surface area contributed by atoms with Crippen molar-refractivity contribution in [1.29, 1.82) is 0 Å². The van der Waals surface area contributed by atoms with Crippen molar-refractivity contribution in [1.82, 2.24) is 25.2 Å². The van der Waals surface area contributed by atoms with Gasteiger partial charge in [0.05, 0.1) is 6.10 Å². The van der Waals surface area contributed by atoms with E-state index in [-0.39, 0.29) is 6.10 Å². The first kappa shape index (κ1) is 20.3. The van der Waals surface area contributed by atoms with Gasteiger partial charge in [-0.15, -0.1) is 10.2 Å². The molecule has 2 N–H and O–H groups in total. The lowest BCUT2D eigenvalue weighted by Gasteiger charge is -2.32. The van der Waals surface area contributed by atoms with E-state index >= 15 is 0 Å². The maximum absolute atomic E-state index is 6.14. The lowest BCUT2D eigenvalue weighted by Crippen LogP contribution is -2.42. The molecule has 1 aliphatic rings. The van der Waals surface area contributed by atoms with Gasteiger partial charge in [0.15, 0.2) is 11.6 Å². The Balaban J connectivity index is 1.30. The van der Waals surface area contributed by atoms with Gasteiger partial charge in [-0.25, -0.2) is 0 Å². The molecule has 0 radical (unpaired) electrons. The van der Waals surface area contributed by atoms with Crippen LogP contribution in [-0.2, 0) is 11.2 Å². The Morgan fingerprint density at radius 3 is 2.87 bits per heavy atom. The number of aromatic nitrogens is 3. The molecule has 7 heteroatoms. The zero-order chi connectivity index (χ0) is 20.8. The van der Waals surface area contributed by atoms with Crippen LogP contribution in [0.3, 0.4) is 0 Å². The van der Waals surface area contributed by atoms with Gasteiger partial charge >= 0.3 is 0 Å². The molecule has 1 fully saturated rings. The molecule has 7 nitrogen and oxygen atoms in total. The predicted molar refractivity (Wildman–Crippen MR) is 119 cm³/mol. The Bertz CT molecular complexity index is 981. The van der Waals surface area contributed by atoms with Crippen LogP contribution in [0.15, 0.2) is 53.7 Å². The Labute approximate surface area is 177 Å². The number of aliphatic imine (C=N–C) groups is 1. The molecule has 0 bridgehead atoms. The maximum Gasteiger partial charge on any atom is 0.191 e. The molecule has 3 aromatic rings. The first-order valence-electron chi connectivity index (χ1n) is 10.7. The van der Waals surface area contributed by atoms with Crippen molar-refractivity contribution in [3.8, 4) is 0 Å². The van der Waals surface area contributed by atoms with Crippen molar-refractivity contribution < 1.29 is 4.74 Å². The topological polar surface area (TPSA) is 75.8 Å². The third-order valence-corrected chi connectivity index (χ3v) is 5.63. The number of hydrogen-bond acceptors (Lipinski definition) is 4. The average molecular weight is 407 g/mol. The SMILES string of the molecule is CN=C(NCCc1nnc2ccccn12)NCC1CCCOC1c1ccc(C)cc1. The molecule has 1 aliphatic heterocycles. The van der Waals surface area contributed by atoms with E-state index in [1.54, 1.807) is 7.05 Å². The van der Waals surface area contributed by atoms with Crippen molar-refractivity contribution in [2.75, 3.05) is 26.7 Å². The summed E-state index contributed by atoms with van der Waals surface area (Å²) in [6.45, 7) is 4.50. The number of rotatable bonds is 6. The number of ether oxygens (including phenoxy) is 1. The number of fused-ring (bicyclic) bond motifs is 1. The van der Waals surface area contributed by atoms with Gasteiger partial charge in [0, 0.05) is 45.3 Å². The summed E-state index contributed by atoms with van der Waals surface area (Å²) in [6, 6.07) is 14.6. The number of pyridine rings is 1. The summed E-state index contributed by atoms with van der Waals surface area (Å²) in [6.07, 6.45) is 5.14. The Hall–Kier alpha value is -2.93. The first-order chi connectivity index (χ1) is 14.7. The van der Waals surface area contributed by atoms with Crippen molar-refractivity contribution in [3.63, 3.8) is 0 Å². The summed E-state index contributed by atoms with van der Waals surface area (Å²) >= 11 is 0. The van der Waals surface area contributed by atoms with Crippen molar-refractivity contribution in [2.24, 2.45) is 10.9 Å². The van der Waals surface area contributed by atoms with Gasteiger partial charge in [-0.05, 0) is 37.5 Å². The normalized spacial score (nSPS) is 19.7. The second-order valence-corrected chi connectivity index (χ2v) is 7.78. The molecule has 2 aromatic heterocycles. The highest BCUT2D eigenvalue weighted by atomic mass is 16.5. The van der Waals surface area contributed by atoms with E-state index in [2.05, 4.69) is 57.0 Å². The van der Waals surface area contributed by atoms with Crippen LogP contribution in [0.2, 0.25) is 0 Å². The number of guanidine groups is 1. The molecule has 2 atom stereocenters. The number of nitrogens with one attached hydrogen (secondary N) is 2. The van der Waals surface area contributed by atoms with Crippen molar-refractivity contribution >= 4 is 11.6 Å².